The van der Waals surface area contributed by atoms with Gasteiger partial charge in [0.15, 0.2) is 0 Å². The summed E-state index contributed by atoms with van der Waals surface area (Å²) in [7, 11) is 0. The number of halogens is 2. The third-order valence-corrected chi connectivity index (χ3v) is 2.89. The molecule has 0 fully saturated rings. The first-order chi connectivity index (χ1) is 8.15. The fourth-order valence-corrected chi connectivity index (χ4v) is 1.80. The largest absolute Gasteiger partial charge is 0.353 e. The van der Waals surface area contributed by atoms with Crippen LogP contribution in [0, 0.1) is 0 Å². The van der Waals surface area contributed by atoms with E-state index in [2.05, 4.69) is 12.2 Å². The lowest BCUT2D eigenvalue weighted by molar-refractivity contribution is -0.116. The predicted molar refractivity (Wildman–Crippen MR) is 73.4 cm³/mol. The number of benzene rings is 1. The highest BCUT2D eigenvalue weighted by atomic mass is 35.5. The zero-order valence-corrected chi connectivity index (χ0v) is 11.2. The molecule has 4 heteroatoms. The Morgan fingerprint density at radius 3 is 2.59 bits per heavy atom. The number of carbonyl (C=O) groups is 1. The second kappa shape index (κ2) is 7.36. The van der Waals surface area contributed by atoms with Gasteiger partial charge in [0.25, 0.3) is 0 Å². The maximum atomic E-state index is 11.4. The number of rotatable bonds is 5. The summed E-state index contributed by atoms with van der Waals surface area (Å²) in [6, 6.07) is 5.24. The van der Waals surface area contributed by atoms with Gasteiger partial charge in [-0.1, -0.05) is 42.6 Å². The Morgan fingerprint density at radius 1 is 1.35 bits per heavy atom. The average Bonchev–Trinajstić information content (AvgIpc) is 2.29. The summed E-state index contributed by atoms with van der Waals surface area (Å²) in [4.78, 5) is 11.4. The maximum absolute atomic E-state index is 11.4. The van der Waals surface area contributed by atoms with E-state index in [1.807, 2.05) is 0 Å². The Hall–Kier alpha value is -0.990. The molecule has 92 valence electrons. The summed E-state index contributed by atoms with van der Waals surface area (Å²) >= 11 is 11.9. The molecule has 1 aromatic carbocycles. The number of carbonyl (C=O) groups excluding carboxylic acids is 1. The molecule has 0 spiro atoms. The smallest absolute Gasteiger partial charge is 0.244 e. The second-order valence-corrected chi connectivity index (χ2v) is 4.43. The third-order valence-electron chi connectivity index (χ3n) is 2.23. The highest BCUT2D eigenvalue weighted by Crippen LogP contribution is 2.25. The number of unbranched alkanes of at least 4 members (excludes halogenated alkanes) is 1. The normalized spacial score (nSPS) is 10.8. The predicted octanol–water partition coefficient (Wildman–Crippen LogP) is 3.92. The molecule has 0 radical (unpaired) electrons. The van der Waals surface area contributed by atoms with Gasteiger partial charge in [-0.15, -0.1) is 0 Å². The van der Waals surface area contributed by atoms with Crippen LogP contribution < -0.4 is 5.32 Å². The van der Waals surface area contributed by atoms with Crippen molar-refractivity contribution in [1.29, 1.82) is 0 Å². The Morgan fingerprint density at radius 2 is 2.00 bits per heavy atom. The summed E-state index contributed by atoms with van der Waals surface area (Å²) in [5.74, 6) is -0.130. The standard InChI is InChI=1S/C13H15Cl2NO/c1-2-3-9-16-13(17)8-7-10-11(14)5-4-6-12(10)15/h4-8H,2-3,9H2,1H3,(H,16,17)/b8-7+. The minimum absolute atomic E-state index is 0.130. The molecule has 0 aliphatic carbocycles. The zero-order valence-electron chi connectivity index (χ0n) is 9.67. The lowest BCUT2D eigenvalue weighted by Gasteiger charge is -2.02. The molecular formula is C13H15Cl2NO. The van der Waals surface area contributed by atoms with Gasteiger partial charge < -0.3 is 5.32 Å². The molecule has 0 unspecified atom stereocenters. The van der Waals surface area contributed by atoms with E-state index < -0.39 is 0 Å². The van der Waals surface area contributed by atoms with Gasteiger partial charge in [-0.2, -0.15) is 0 Å². The summed E-state index contributed by atoms with van der Waals surface area (Å²) in [5, 5.41) is 3.86. The van der Waals surface area contributed by atoms with Crippen molar-refractivity contribution < 1.29 is 4.79 Å². The van der Waals surface area contributed by atoms with Crippen LogP contribution in [-0.2, 0) is 4.79 Å². The van der Waals surface area contributed by atoms with E-state index in [1.165, 1.54) is 6.08 Å². The van der Waals surface area contributed by atoms with E-state index in [9.17, 15) is 4.79 Å². The van der Waals surface area contributed by atoms with Crippen molar-refractivity contribution in [3.8, 4) is 0 Å². The molecule has 0 heterocycles. The van der Waals surface area contributed by atoms with E-state index in [0.29, 0.717) is 22.2 Å². The molecule has 0 saturated carbocycles. The minimum atomic E-state index is -0.130. The van der Waals surface area contributed by atoms with E-state index in [0.717, 1.165) is 12.8 Å². The van der Waals surface area contributed by atoms with Crippen molar-refractivity contribution in [1.82, 2.24) is 5.32 Å². The Labute approximate surface area is 112 Å². The van der Waals surface area contributed by atoms with Crippen molar-refractivity contribution in [2.45, 2.75) is 19.8 Å². The molecule has 0 saturated heterocycles. The molecule has 0 aromatic heterocycles. The Bertz CT molecular complexity index is 396. The average molecular weight is 272 g/mol. The third kappa shape index (κ3) is 4.80. The van der Waals surface area contributed by atoms with Crippen LogP contribution in [-0.4, -0.2) is 12.5 Å². The monoisotopic (exact) mass is 271 g/mol. The highest BCUT2D eigenvalue weighted by Gasteiger charge is 2.02. The van der Waals surface area contributed by atoms with Crippen molar-refractivity contribution >= 4 is 35.2 Å². The van der Waals surface area contributed by atoms with Crippen LogP contribution in [0.3, 0.4) is 0 Å². The van der Waals surface area contributed by atoms with E-state index in [1.54, 1.807) is 24.3 Å². The van der Waals surface area contributed by atoms with Gasteiger partial charge in [-0.25, -0.2) is 0 Å². The topological polar surface area (TPSA) is 29.1 Å². The summed E-state index contributed by atoms with van der Waals surface area (Å²) in [5.41, 5.74) is 0.668. The zero-order chi connectivity index (χ0) is 12.7. The van der Waals surface area contributed by atoms with E-state index in [-0.39, 0.29) is 5.91 Å². The fraction of sp³-hybridized carbons (Fsp3) is 0.308. The van der Waals surface area contributed by atoms with Crippen LogP contribution >= 0.6 is 23.2 Å². The van der Waals surface area contributed by atoms with Gasteiger partial charge in [0.1, 0.15) is 0 Å². The SMILES string of the molecule is CCCCNC(=O)/C=C/c1c(Cl)cccc1Cl. The molecule has 2 nitrogen and oxygen atoms in total. The van der Waals surface area contributed by atoms with Gasteiger partial charge in [-0.3, -0.25) is 4.79 Å². The fourth-order valence-electron chi connectivity index (χ4n) is 1.28. The first kappa shape index (κ1) is 14.1. The molecule has 0 aliphatic rings. The molecule has 1 rings (SSSR count). The van der Waals surface area contributed by atoms with Gasteiger partial charge in [0.05, 0.1) is 0 Å². The lowest BCUT2D eigenvalue weighted by Crippen LogP contribution is -2.21. The van der Waals surface area contributed by atoms with E-state index in [4.69, 9.17) is 23.2 Å². The number of nitrogens with one attached hydrogen (secondary N) is 1. The first-order valence-corrected chi connectivity index (χ1v) is 6.30. The summed E-state index contributed by atoms with van der Waals surface area (Å²) in [6.07, 6.45) is 5.11. The molecule has 1 N–H and O–H groups in total. The molecule has 0 atom stereocenters. The number of amides is 1. The highest BCUT2D eigenvalue weighted by molar-refractivity contribution is 6.37. The van der Waals surface area contributed by atoms with Crippen LogP contribution in [0.15, 0.2) is 24.3 Å². The van der Waals surface area contributed by atoms with Crippen LogP contribution in [0.5, 0.6) is 0 Å². The maximum Gasteiger partial charge on any atom is 0.244 e. The van der Waals surface area contributed by atoms with E-state index >= 15 is 0 Å². The summed E-state index contributed by atoms with van der Waals surface area (Å²) < 4.78 is 0. The summed E-state index contributed by atoms with van der Waals surface area (Å²) in [6.45, 7) is 2.77. The van der Waals surface area contributed by atoms with Crippen LogP contribution in [0.2, 0.25) is 10.0 Å². The minimum Gasteiger partial charge on any atom is -0.353 e. The van der Waals surface area contributed by atoms with Crippen LogP contribution in [0.1, 0.15) is 25.3 Å². The van der Waals surface area contributed by atoms with Crippen molar-refractivity contribution in [3.63, 3.8) is 0 Å². The van der Waals surface area contributed by atoms with Crippen molar-refractivity contribution in [2.24, 2.45) is 0 Å². The molecular weight excluding hydrogens is 257 g/mol. The quantitative estimate of drug-likeness (QED) is 0.638. The van der Waals surface area contributed by atoms with Crippen molar-refractivity contribution in [2.75, 3.05) is 6.54 Å². The van der Waals surface area contributed by atoms with Crippen LogP contribution in [0.25, 0.3) is 6.08 Å². The number of hydrogen-bond donors (Lipinski definition) is 1. The Kier molecular flexibility index (Phi) is 6.09. The van der Waals surface area contributed by atoms with Gasteiger partial charge in [0, 0.05) is 28.2 Å². The van der Waals surface area contributed by atoms with Gasteiger partial charge >= 0.3 is 0 Å². The first-order valence-electron chi connectivity index (χ1n) is 5.55. The van der Waals surface area contributed by atoms with Crippen molar-refractivity contribution in [3.05, 3.63) is 39.9 Å². The molecule has 1 amide bonds. The Balaban J connectivity index is 2.61. The molecule has 17 heavy (non-hydrogen) atoms. The lowest BCUT2D eigenvalue weighted by atomic mass is 10.2. The molecule has 1 aromatic rings. The molecule has 0 aliphatic heterocycles. The second-order valence-electron chi connectivity index (χ2n) is 3.61. The van der Waals surface area contributed by atoms with Gasteiger partial charge in [0.2, 0.25) is 5.91 Å². The number of hydrogen-bond acceptors (Lipinski definition) is 1. The van der Waals surface area contributed by atoms with Gasteiger partial charge in [-0.05, 0) is 24.6 Å². The van der Waals surface area contributed by atoms with Crippen LogP contribution in [0.4, 0.5) is 0 Å². The molecule has 0 bridgehead atoms.